The lowest BCUT2D eigenvalue weighted by atomic mass is 10.3. The Morgan fingerprint density at radius 2 is 1.15 bits per heavy atom. The Morgan fingerprint density at radius 3 is 1.52 bits per heavy atom. The van der Waals surface area contributed by atoms with Crippen LogP contribution in [0, 0.1) is 27.7 Å². The first kappa shape index (κ1) is 27.7. The second-order valence-corrected chi connectivity index (χ2v) is 13.1. The minimum Gasteiger partial charge on any atom is -0.748 e. The lowest BCUT2D eigenvalue weighted by molar-refractivity contribution is 0.105. The average molecular weight is 544 g/mol. The Morgan fingerprint density at radius 1 is 0.788 bits per heavy atom. The molecule has 0 spiro atoms. The zero-order valence-corrected chi connectivity index (χ0v) is 21.0. The number of rotatable bonds is 4. The molecule has 14 heteroatoms. The van der Waals surface area contributed by atoms with Gasteiger partial charge in [-0.3, -0.25) is 4.55 Å². The number of fused-ring (bicyclic) bond motifs is 2. The zero-order valence-electron chi connectivity index (χ0n) is 17.7. The highest BCUT2D eigenvalue weighted by Gasteiger charge is 2.29. The van der Waals surface area contributed by atoms with Crippen LogP contribution in [0.1, 0.15) is 26.9 Å². The van der Waals surface area contributed by atoms with Gasteiger partial charge in [0.1, 0.15) is 31.2 Å². The maximum atomic E-state index is 10.7. The van der Waals surface area contributed by atoms with E-state index in [0.717, 1.165) is 19.5 Å². The molecule has 2 aliphatic rings. The van der Waals surface area contributed by atoms with Gasteiger partial charge in [0, 0.05) is 19.5 Å². The van der Waals surface area contributed by atoms with Gasteiger partial charge >= 0.3 is 0 Å². The fraction of sp³-hybridized carbons (Fsp3) is 0.579. The Labute approximate surface area is 201 Å². The van der Waals surface area contributed by atoms with E-state index >= 15 is 0 Å². The van der Waals surface area contributed by atoms with Crippen LogP contribution in [0.5, 0.6) is 23.0 Å². The van der Waals surface area contributed by atoms with Gasteiger partial charge in [-0.05, 0) is 27.7 Å². The van der Waals surface area contributed by atoms with Crippen LogP contribution < -0.4 is 18.9 Å². The van der Waals surface area contributed by atoms with Crippen LogP contribution in [0.4, 0.5) is 0 Å². The summed E-state index contributed by atoms with van der Waals surface area (Å²) in [7, 11) is -8.32. The number of hydrogen-bond donors (Lipinski definition) is 1. The molecule has 0 aromatic carbocycles. The maximum absolute atomic E-state index is 10.7. The van der Waals surface area contributed by atoms with Crippen molar-refractivity contribution in [1.82, 2.24) is 0 Å². The van der Waals surface area contributed by atoms with Crippen molar-refractivity contribution in [2.24, 2.45) is 0 Å². The second-order valence-electron chi connectivity index (χ2n) is 7.32. The summed E-state index contributed by atoms with van der Waals surface area (Å²) in [6.45, 7) is 7.83. The molecule has 0 saturated carbocycles. The standard InChI is InChI=1S/2C9H12O5S2.CH4/c2*1-5-8-9(6(2)15-5)14-7(3-13-8)4-16(10,11)12;/h2*7H,3-4H2,1-2H3,(H,10,11,12);1H4/p-1. The highest BCUT2D eigenvalue weighted by Crippen LogP contribution is 2.44. The molecule has 0 fully saturated rings. The maximum Gasteiger partial charge on any atom is 0.268 e. The van der Waals surface area contributed by atoms with Crippen molar-refractivity contribution in [3.63, 3.8) is 0 Å². The SMILES string of the molecule is C.Cc1sc(C)c2c1OCC(CS(=O)(=O)O)O2.Cc1sc(C)c2c1OCC(CS(=O)(=O)[O-])O2. The topological polar surface area (TPSA) is 148 Å². The van der Waals surface area contributed by atoms with Gasteiger partial charge in [0.05, 0.1) is 15.9 Å². The first-order chi connectivity index (χ1) is 14.7. The van der Waals surface area contributed by atoms with Gasteiger partial charge in [0.2, 0.25) is 0 Å². The van der Waals surface area contributed by atoms with E-state index in [0.29, 0.717) is 23.0 Å². The molecule has 2 aromatic heterocycles. The van der Waals surface area contributed by atoms with Crippen molar-refractivity contribution in [2.75, 3.05) is 24.7 Å². The molecule has 2 atom stereocenters. The normalized spacial score (nSPS) is 19.2. The molecule has 2 aliphatic heterocycles. The van der Waals surface area contributed by atoms with E-state index < -0.39 is 43.9 Å². The Kier molecular flexibility index (Phi) is 8.68. The van der Waals surface area contributed by atoms with Gasteiger partial charge in [0.25, 0.3) is 10.1 Å². The summed E-state index contributed by atoms with van der Waals surface area (Å²) in [5, 5.41) is 0. The van der Waals surface area contributed by atoms with Crippen molar-refractivity contribution in [2.45, 2.75) is 47.3 Å². The van der Waals surface area contributed by atoms with Crippen LogP contribution in [0.2, 0.25) is 0 Å². The quantitative estimate of drug-likeness (QED) is 0.570. The first-order valence-electron chi connectivity index (χ1n) is 9.41. The number of ether oxygens (including phenoxy) is 4. The molecule has 0 radical (unpaired) electrons. The fourth-order valence-corrected chi connectivity index (χ4v) is 6.40. The van der Waals surface area contributed by atoms with Crippen molar-refractivity contribution in [3.05, 3.63) is 19.5 Å². The molecule has 1 N–H and O–H groups in total. The van der Waals surface area contributed by atoms with Crippen molar-refractivity contribution in [1.29, 1.82) is 0 Å². The molecular formula is C19H27O10S4-. The highest BCUT2D eigenvalue weighted by molar-refractivity contribution is 7.86. The summed E-state index contributed by atoms with van der Waals surface area (Å²) in [5.74, 6) is 1.53. The van der Waals surface area contributed by atoms with Crippen molar-refractivity contribution >= 4 is 42.9 Å². The summed E-state index contributed by atoms with van der Waals surface area (Å²) >= 11 is 3.07. The summed E-state index contributed by atoms with van der Waals surface area (Å²) in [6.07, 6.45) is -1.35. The largest absolute Gasteiger partial charge is 0.748 e. The fourth-order valence-electron chi connectivity index (χ4n) is 3.27. The number of aryl methyl sites for hydroxylation is 4. The minimum absolute atomic E-state index is 0. The zero-order chi connectivity index (χ0) is 23.8. The molecule has 2 aromatic rings. The molecular weight excluding hydrogens is 516 g/mol. The van der Waals surface area contributed by atoms with E-state index in [1.807, 2.05) is 27.7 Å². The Hall–Kier alpha value is -1.58. The van der Waals surface area contributed by atoms with Gasteiger partial charge in [-0.15, -0.1) is 22.7 Å². The predicted molar refractivity (Wildman–Crippen MR) is 125 cm³/mol. The van der Waals surface area contributed by atoms with Gasteiger partial charge in [-0.1, -0.05) is 7.43 Å². The Balaban J connectivity index is 0.000000227. The van der Waals surface area contributed by atoms with Crippen molar-refractivity contribution in [3.8, 4) is 23.0 Å². The second kappa shape index (κ2) is 10.4. The first-order valence-corrected chi connectivity index (χ1v) is 14.2. The molecule has 188 valence electrons. The lowest BCUT2D eigenvalue weighted by Gasteiger charge is -2.26. The van der Waals surface area contributed by atoms with Crippen LogP contribution in [-0.2, 0) is 20.2 Å². The van der Waals surface area contributed by atoms with Gasteiger partial charge in [0.15, 0.2) is 23.0 Å². The van der Waals surface area contributed by atoms with E-state index in [9.17, 15) is 21.4 Å². The predicted octanol–water partition coefficient (Wildman–Crippen LogP) is 3.08. The van der Waals surface area contributed by atoms with Crippen LogP contribution in [-0.4, -0.2) is 62.9 Å². The Bertz CT molecular complexity index is 1100. The van der Waals surface area contributed by atoms with Gasteiger partial charge in [-0.2, -0.15) is 8.42 Å². The van der Waals surface area contributed by atoms with E-state index in [-0.39, 0.29) is 20.6 Å². The van der Waals surface area contributed by atoms with E-state index in [4.69, 9.17) is 23.5 Å². The molecule has 4 heterocycles. The number of hydrogen-bond acceptors (Lipinski definition) is 11. The smallest absolute Gasteiger partial charge is 0.268 e. The van der Waals surface area contributed by atoms with Gasteiger partial charge in [-0.25, -0.2) is 8.42 Å². The molecule has 10 nitrogen and oxygen atoms in total. The summed E-state index contributed by atoms with van der Waals surface area (Å²) in [6, 6.07) is 0. The van der Waals surface area contributed by atoms with Gasteiger partial charge < -0.3 is 23.5 Å². The van der Waals surface area contributed by atoms with Crippen LogP contribution >= 0.6 is 22.7 Å². The van der Waals surface area contributed by atoms with Crippen molar-refractivity contribution < 1.29 is 44.9 Å². The average Bonchev–Trinajstić information content (AvgIpc) is 3.08. The lowest BCUT2D eigenvalue weighted by Crippen LogP contribution is -2.35. The third-order valence-corrected chi connectivity index (χ3v) is 8.03. The summed E-state index contributed by atoms with van der Waals surface area (Å²) in [4.78, 5) is 3.89. The van der Waals surface area contributed by atoms with E-state index in [1.54, 1.807) is 11.3 Å². The third kappa shape index (κ3) is 7.20. The monoisotopic (exact) mass is 543 g/mol. The molecule has 2 unspecified atom stereocenters. The molecule has 33 heavy (non-hydrogen) atoms. The third-order valence-electron chi connectivity index (χ3n) is 4.49. The molecule has 0 saturated heterocycles. The van der Waals surface area contributed by atoms with E-state index in [1.165, 1.54) is 11.3 Å². The van der Waals surface area contributed by atoms with E-state index in [2.05, 4.69) is 0 Å². The van der Waals surface area contributed by atoms with Crippen LogP contribution in [0.25, 0.3) is 0 Å². The molecule has 0 amide bonds. The van der Waals surface area contributed by atoms with Crippen LogP contribution in [0.3, 0.4) is 0 Å². The molecule has 4 rings (SSSR count). The number of thiophene rings is 2. The molecule has 0 bridgehead atoms. The summed E-state index contributed by atoms with van der Waals surface area (Å²) < 4.78 is 83.8. The molecule has 0 aliphatic carbocycles. The summed E-state index contributed by atoms with van der Waals surface area (Å²) in [5.41, 5.74) is 0. The van der Waals surface area contributed by atoms with Crippen LogP contribution in [0.15, 0.2) is 0 Å². The highest BCUT2D eigenvalue weighted by atomic mass is 32.2. The minimum atomic E-state index is -4.28.